The molecule has 12 heteroatoms. The molecule has 3 aromatic heterocycles. The number of benzene rings is 1. The van der Waals surface area contributed by atoms with E-state index in [4.69, 9.17) is 21.3 Å². The number of tetrazole rings is 1. The summed E-state index contributed by atoms with van der Waals surface area (Å²) >= 11 is 6.18. The molecule has 1 saturated heterocycles. The molecule has 4 heterocycles. The van der Waals surface area contributed by atoms with E-state index in [-0.39, 0.29) is 12.5 Å². The molecule has 1 aliphatic heterocycles. The molecule has 6 rings (SSSR count). The van der Waals surface area contributed by atoms with Crippen LogP contribution in [0.3, 0.4) is 0 Å². The van der Waals surface area contributed by atoms with E-state index >= 15 is 0 Å². The average molecular weight is 548 g/mol. The van der Waals surface area contributed by atoms with Crippen LogP contribution in [-0.4, -0.2) is 67.2 Å². The molecule has 2 bridgehead atoms. The molecule has 1 aromatic carbocycles. The molecule has 1 unspecified atom stereocenters. The lowest BCUT2D eigenvalue weighted by molar-refractivity contribution is 0.0294. The SMILES string of the molecule is COC1[C@@H]2CC[C@H]1CN(c1ccc(Cn3cc(C(=O)NCc4cc(Cl)ccc4-n4cnnn4)cn3)c(C)n1)C2. The predicted octanol–water partition coefficient (Wildman–Crippen LogP) is 3.06. The van der Waals surface area contributed by atoms with Gasteiger partial charge in [-0.3, -0.25) is 9.48 Å². The highest BCUT2D eigenvalue weighted by Gasteiger charge is 2.42. The highest BCUT2D eigenvalue weighted by molar-refractivity contribution is 6.30. The molecule has 1 aliphatic carbocycles. The molecule has 0 spiro atoms. The van der Waals surface area contributed by atoms with Crippen molar-refractivity contribution >= 4 is 23.3 Å². The molecule has 39 heavy (non-hydrogen) atoms. The van der Waals surface area contributed by atoms with Gasteiger partial charge in [0.2, 0.25) is 0 Å². The minimum absolute atomic E-state index is 0.233. The van der Waals surface area contributed by atoms with E-state index in [2.05, 4.69) is 43.0 Å². The number of aryl methyl sites for hydroxylation is 1. The number of amides is 1. The Balaban J connectivity index is 1.09. The molecule has 4 aromatic rings. The van der Waals surface area contributed by atoms with E-state index in [9.17, 15) is 4.79 Å². The molecule has 0 radical (unpaired) electrons. The van der Waals surface area contributed by atoms with Gasteiger partial charge in [-0.2, -0.15) is 5.10 Å². The highest BCUT2D eigenvalue weighted by atomic mass is 35.5. The predicted molar refractivity (Wildman–Crippen MR) is 145 cm³/mol. The van der Waals surface area contributed by atoms with Crippen molar-refractivity contribution in [3.63, 3.8) is 0 Å². The number of carbonyl (C=O) groups is 1. The average Bonchev–Trinajstić information content (AvgIpc) is 3.68. The van der Waals surface area contributed by atoms with Crippen molar-refractivity contribution < 1.29 is 9.53 Å². The van der Waals surface area contributed by atoms with Crippen LogP contribution in [0, 0.1) is 18.8 Å². The molecule has 3 atom stereocenters. The third-order valence-corrected chi connectivity index (χ3v) is 8.06. The number of carbonyl (C=O) groups excluding carboxylic acids is 1. The van der Waals surface area contributed by atoms with E-state index in [0.29, 0.717) is 35.1 Å². The van der Waals surface area contributed by atoms with E-state index in [0.717, 1.165) is 41.4 Å². The maximum Gasteiger partial charge on any atom is 0.254 e. The van der Waals surface area contributed by atoms with Crippen LogP contribution in [0.25, 0.3) is 5.69 Å². The van der Waals surface area contributed by atoms with Crippen molar-refractivity contribution in [3.8, 4) is 5.69 Å². The summed E-state index contributed by atoms with van der Waals surface area (Å²) in [4.78, 5) is 20.2. The summed E-state index contributed by atoms with van der Waals surface area (Å²) in [6.07, 6.45) is 7.65. The topological polar surface area (TPSA) is 116 Å². The molecule has 202 valence electrons. The van der Waals surface area contributed by atoms with Crippen molar-refractivity contribution in [2.45, 2.75) is 39.0 Å². The van der Waals surface area contributed by atoms with Crippen LogP contribution in [0.4, 0.5) is 5.82 Å². The van der Waals surface area contributed by atoms with Crippen LogP contribution in [0.5, 0.6) is 0 Å². The summed E-state index contributed by atoms with van der Waals surface area (Å²) < 4.78 is 9.04. The van der Waals surface area contributed by atoms with Gasteiger partial charge in [0.05, 0.1) is 30.1 Å². The van der Waals surface area contributed by atoms with Crippen LogP contribution in [0.2, 0.25) is 5.02 Å². The number of rotatable bonds is 8. The lowest BCUT2D eigenvalue weighted by Crippen LogP contribution is -2.46. The van der Waals surface area contributed by atoms with E-state index in [1.807, 2.05) is 20.1 Å². The summed E-state index contributed by atoms with van der Waals surface area (Å²) in [7, 11) is 1.83. The van der Waals surface area contributed by atoms with Crippen molar-refractivity contribution in [2.75, 3.05) is 25.1 Å². The Morgan fingerprint density at radius 3 is 2.69 bits per heavy atom. The van der Waals surface area contributed by atoms with Crippen molar-refractivity contribution in [2.24, 2.45) is 11.8 Å². The quantitative estimate of drug-likeness (QED) is 0.358. The van der Waals surface area contributed by atoms with Crippen LogP contribution in [-0.2, 0) is 17.8 Å². The number of halogens is 1. The van der Waals surface area contributed by atoms with Gasteiger partial charge in [0, 0.05) is 55.5 Å². The molecule has 1 amide bonds. The molecule has 1 N–H and O–H groups in total. The molecule has 2 aliphatic rings. The fourth-order valence-electron chi connectivity index (χ4n) is 5.87. The van der Waals surface area contributed by atoms with Crippen molar-refractivity contribution in [3.05, 3.63) is 76.5 Å². The number of anilines is 1. The minimum Gasteiger partial charge on any atom is -0.381 e. The van der Waals surface area contributed by atoms with Gasteiger partial charge < -0.3 is 15.0 Å². The second kappa shape index (κ2) is 10.7. The zero-order chi connectivity index (χ0) is 26.9. The summed E-state index contributed by atoms with van der Waals surface area (Å²) in [5.74, 6) is 1.94. The second-order valence-corrected chi connectivity index (χ2v) is 10.7. The van der Waals surface area contributed by atoms with Crippen molar-refractivity contribution in [1.82, 2.24) is 40.3 Å². The van der Waals surface area contributed by atoms with E-state index in [1.165, 1.54) is 23.9 Å². The second-order valence-electron chi connectivity index (χ2n) is 10.3. The first-order valence-electron chi connectivity index (χ1n) is 13.0. The van der Waals surface area contributed by atoms with Gasteiger partial charge in [-0.1, -0.05) is 17.7 Å². The third-order valence-electron chi connectivity index (χ3n) is 7.83. The number of methoxy groups -OCH3 is 1. The molecule has 2 fully saturated rings. The van der Waals surface area contributed by atoms with E-state index < -0.39 is 0 Å². The molecule has 11 nitrogen and oxygen atoms in total. The number of pyridine rings is 1. The lowest BCUT2D eigenvalue weighted by Gasteiger charge is -2.38. The summed E-state index contributed by atoms with van der Waals surface area (Å²) in [5.41, 5.74) is 4.03. The fraction of sp³-hybridized carbons (Fsp3) is 0.407. The Bertz CT molecular complexity index is 1460. The number of hydrogen-bond donors (Lipinski definition) is 1. The van der Waals surface area contributed by atoms with Gasteiger partial charge in [-0.05, 0) is 65.6 Å². The largest absolute Gasteiger partial charge is 0.381 e. The van der Waals surface area contributed by atoms with Gasteiger partial charge in [-0.25, -0.2) is 9.67 Å². The number of piperidine rings is 1. The van der Waals surface area contributed by atoms with Crippen LogP contribution < -0.4 is 10.2 Å². The van der Waals surface area contributed by atoms with Crippen LogP contribution in [0.15, 0.2) is 49.1 Å². The summed E-state index contributed by atoms with van der Waals surface area (Å²) in [5, 5.41) is 19.2. The molecule has 1 saturated carbocycles. The maximum absolute atomic E-state index is 12.9. The minimum atomic E-state index is -0.233. The maximum atomic E-state index is 12.9. The number of nitrogens with one attached hydrogen (secondary N) is 1. The Morgan fingerprint density at radius 2 is 1.97 bits per heavy atom. The van der Waals surface area contributed by atoms with Gasteiger partial charge in [0.1, 0.15) is 12.1 Å². The highest BCUT2D eigenvalue weighted by Crippen LogP contribution is 2.39. The smallest absolute Gasteiger partial charge is 0.254 e. The normalized spacial score (nSPS) is 20.4. The molecular formula is C27H30ClN9O2. The zero-order valence-electron chi connectivity index (χ0n) is 21.9. The zero-order valence-corrected chi connectivity index (χ0v) is 22.6. The Labute approximate surface area is 231 Å². The number of aromatic nitrogens is 7. The monoisotopic (exact) mass is 547 g/mol. The molecular weight excluding hydrogens is 518 g/mol. The third kappa shape index (κ3) is 5.24. The van der Waals surface area contributed by atoms with Crippen LogP contribution in [0.1, 0.15) is 40.0 Å². The Morgan fingerprint density at radius 1 is 1.15 bits per heavy atom. The van der Waals surface area contributed by atoms with Gasteiger partial charge in [0.25, 0.3) is 5.91 Å². The van der Waals surface area contributed by atoms with Crippen molar-refractivity contribution in [1.29, 1.82) is 0 Å². The van der Waals surface area contributed by atoms with Gasteiger partial charge in [0.15, 0.2) is 0 Å². The number of fused-ring (bicyclic) bond motifs is 2. The van der Waals surface area contributed by atoms with Crippen LogP contribution >= 0.6 is 11.6 Å². The first-order valence-corrected chi connectivity index (χ1v) is 13.4. The summed E-state index contributed by atoms with van der Waals surface area (Å²) in [6.45, 7) is 4.80. The first kappa shape index (κ1) is 25.4. The lowest BCUT2D eigenvalue weighted by atomic mass is 9.95. The first-order chi connectivity index (χ1) is 19.0. The van der Waals surface area contributed by atoms with Gasteiger partial charge >= 0.3 is 0 Å². The number of nitrogens with zero attached hydrogens (tertiary/aromatic N) is 8. The fourth-order valence-corrected chi connectivity index (χ4v) is 6.07. The van der Waals surface area contributed by atoms with E-state index in [1.54, 1.807) is 29.2 Å². The summed E-state index contributed by atoms with van der Waals surface area (Å²) in [6, 6.07) is 9.56. The Kier molecular flexibility index (Phi) is 7.01. The number of ether oxygens (including phenoxy) is 1. The van der Waals surface area contributed by atoms with Gasteiger partial charge in [-0.15, -0.1) is 5.10 Å². The number of hydrogen-bond acceptors (Lipinski definition) is 8. The Hall–Kier alpha value is -3.83. The standard InChI is InChI=1S/C27H30ClN9O2/c1-17-18(5-8-25(32-17)35-12-19-3-4-20(13-35)26(19)39-2)14-36-15-22(11-31-36)27(38)29-10-21-9-23(28)6-7-24(21)37-16-30-33-34-37/h5-9,11,15-16,19-20,26H,3-4,10,12-14H2,1-2H3,(H,29,38)/t19-,20+,26?.